The van der Waals surface area contributed by atoms with Gasteiger partial charge in [0.1, 0.15) is 12.7 Å². The summed E-state index contributed by atoms with van der Waals surface area (Å²) in [5.74, 6) is 0.975. The molecule has 0 aromatic carbocycles. The summed E-state index contributed by atoms with van der Waals surface area (Å²) in [6.45, 7) is 4.25. The number of nitrogens with two attached hydrogens (primary N) is 1. The first-order valence-electron chi connectivity index (χ1n) is 6.32. The first-order valence-corrected chi connectivity index (χ1v) is 6.32. The molecule has 3 N–H and O–H groups in total. The van der Waals surface area contributed by atoms with Gasteiger partial charge in [0, 0.05) is 6.04 Å². The highest BCUT2D eigenvalue weighted by Gasteiger charge is 2.09. The zero-order chi connectivity index (χ0) is 13.7. The highest BCUT2D eigenvalue weighted by atomic mass is 15.4. The van der Waals surface area contributed by atoms with Crippen molar-refractivity contribution in [2.45, 2.75) is 39.2 Å². The van der Waals surface area contributed by atoms with Crippen molar-refractivity contribution in [1.29, 1.82) is 0 Å². The van der Waals surface area contributed by atoms with Crippen molar-refractivity contribution >= 4 is 11.9 Å². The van der Waals surface area contributed by atoms with Crippen molar-refractivity contribution in [1.82, 2.24) is 29.7 Å². The molecule has 19 heavy (non-hydrogen) atoms. The topological polar surface area (TPSA) is 107 Å². The van der Waals surface area contributed by atoms with E-state index < -0.39 is 0 Å². The number of unbranched alkanes of at least 4 members (excludes halogenated alkanes) is 1. The smallest absolute Gasteiger partial charge is 0.258 e. The van der Waals surface area contributed by atoms with Crippen molar-refractivity contribution in [2.24, 2.45) is 0 Å². The van der Waals surface area contributed by atoms with Crippen LogP contribution in [0.4, 0.5) is 11.9 Å². The Balaban J connectivity index is 2.13. The van der Waals surface area contributed by atoms with Crippen LogP contribution in [0, 0.1) is 0 Å². The van der Waals surface area contributed by atoms with E-state index in [9.17, 15) is 0 Å². The van der Waals surface area contributed by atoms with Crippen molar-refractivity contribution in [3.05, 3.63) is 12.7 Å². The Labute approximate surface area is 111 Å². The lowest BCUT2D eigenvalue weighted by atomic mass is 10.1. The van der Waals surface area contributed by atoms with Gasteiger partial charge in [0.15, 0.2) is 0 Å². The SMILES string of the molecule is CCCCC(C)Nc1nc(N)nc(-n2cncn2)n1. The van der Waals surface area contributed by atoms with Crippen LogP contribution in [0.1, 0.15) is 33.1 Å². The molecule has 0 spiro atoms. The molecule has 2 heterocycles. The number of rotatable bonds is 6. The summed E-state index contributed by atoms with van der Waals surface area (Å²) in [7, 11) is 0. The molecule has 8 heteroatoms. The summed E-state index contributed by atoms with van der Waals surface area (Å²) in [5.41, 5.74) is 5.68. The average Bonchev–Trinajstić information content (AvgIpc) is 2.89. The summed E-state index contributed by atoms with van der Waals surface area (Å²) in [6.07, 6.45) is 6.30. The maximum Gasteiger partial charge on any atom is 0.258 e. The Kier molecular flexibility index (Phi) is 4.22. The second-order valence-corrected chi connectivity index (χ2v) is 4.34. The van der Waals surface area contributed by atoms with Crippen LogP contribution in [-0.4, -0.2) is 35.8 Å². The fourth-order valence-corrected chi connectivity index (χ4v) is 1.66. The molecule has 1 atom stereocenters. The molecule has 2 aromatic heterocycles. The molecule has 2 rings (SSSR count). The van der Waals surface area contributed by atoms with Gasteiger partial charge in [-0.25, -0.2) is 4.98 Å². The van der Waals surface area contributed by atoms with E-state index in [0.29, 0.717) is 11.9 Å². The number of nitrogens with zero attached hydrogens (tertiary/aromatic N) is 6. The Bertz CT molecular complexity index is 509. The molecular weight excluding hydrogens is 244 g/mol. The summed E-state index contributed by atoms with van der Waals surface area (Å²) in [4.78, 5) is 16.2. The largest absolute Gasteiger partial charge is 0.368 e. The molecule has 0 radical (unpaired) electrons. The maximum atomic E-state index is 5.68. The minimum absolute atomic E-state index is 0.158. The molecule has 0 amide bonds. The number of nitrogens with one attached hydrogen (secondary N) is 1. The second kappa shape index (κ2) is 6.07. The minimum atomic E-state index is 0.158. The maximum absolute atomic E-state index is 5.68. The Hall–Kier alpha value is -2.25. The van der Waals surface area contributed by atoms with Gasteiger partial charge in [0.2, 0.25) is 11.9 Å². The fourth-order valence-electron chi connectivity index (χ4n) is 1.66. The molecule has 0 bridgehead atoms. The Morgan fingerprint density at radius 3 is 2.89 bits per heavy atom. The van der Waals surface area contributed by atoms with Gasteiger partial charge in [0.05, 0.1) is 0 Å². The van der Waals surface area contributed by atoms with Gasteiger partial charge < -0.3 is 11.1 Å². The first kappa shape index (κ1) is 13.2. The zero-order valence-corrected chi connectivity index (χ0v) is 11.1. The summed E-state index contributed by atoms with van der Waals surface area (Å²) < 4.78 is 1.44. The standard InChI is InChI=1S/C11H18N8/c1-3-4-5-8(2)15-10-16-9(12)17-11(18-10)19-7-13-6-14-19/h6-8H,3-5H2,1-2H3,(H3,12,15,16,17,18). The number of anilines is 2. The molecule has 0 saturated heterocycles. The van der Waals surface area contributed by atoms with E-state index in [2.05, 4.69) is 44.2 Å². The molecule has 0 fully saturated rings. The first-order chi connectivity index (χ1) is 9.19. The lowest BCUT2D eigenvalue weighted by molar-refractivity contribution is 0.639. The Morgan fingerprint density at radius 2 is 2.21 bits per heavy atom. The third-order valence-corrected chi connectivity index (χ3v) is 2.63. The average molecular weight is 262 g/mol. The van der Waals surface area contributed by atoms with Crippen molar-refractivity contribution in [3.8, 4) is 5.95 Å². The van der Waals surface area contributed by atoms with Crippen LogP contribution >= 0.6 is 0 Å². The van der Waals surface area contributed by atoms with Crippen LogP contribution in [0.2, 0.25) is 0 Å². The van der Waals surface area contributed by atoms with E-state index in [0.717, 1.165) is 19.3 Å². The molecule has 102 valence electrons. The minimum Gasteiger partial charge on any atom is -0.368 e. The highest BCUT2D eigenvalue weighted by molar-refractivity contribution is 5.35. The molecule has 0 aliphatic rings. The predicted molar refractivity (Wildman–Crippen MR) is 71.8 cm³/mol. The van der Waals surface area contributed by atoms with Crippen LogP contribution in [0.3, 0.4) is 0 Å². The van der Waals surface area contributed by atoms with Gasteiger partial charge in [-0.2, -0.15) is 24.7 Å². The van der Waals surface area contributed by atoms with Crippen LogP contribution in [-0.2, 0) is 0 Å². The molecule has 0 saturated carbocycles. The molecule has 2 aromatic rings. The molecule has 1 unspecified atom stereocenters. The summed E-state index contributed by atoms with van der Waals surface area (Å²) in [5, 5.41) is 7.18. The van der Waals surface area contributed by atoms with Crippen LogP contribution in [0.5, 0.6) is 0 Å². The summed E-state index contributed by atoms with van der Waals surface area (Å²) >= 11 is 0. The number of hydrogen-bond acceptors (Lipinski definition) is 7. The highest BCUT2D eigenvalue weighted by Crippen LogP contribution is 2.09. The quantitative estimate of drug-likeness (QED) is 0.800. The van der Waals surface area contributed by atoms with Crippen LogP contribution < -0.4 is 11.1 Å². The van der Waals surface area contributed by atoms with E-state index >= 15 is 0 Å². The van der Waals surface area contributed by atoms with E-state index in [4.69, 9.17) is 5.73 Å². The monoisotopic (exact) mass is 262 g/mol. The van der Waals surface area contributed by atoms with Gasteiger partial charge in [-0.15, -0.1) is 0 Å². The van der Waals surface area contributed by atoms with E-state index in [1.165, 1.54) is 17.3 Å². The lowest BCUT2D eigenvalue weighted by Crippen LogP contribution is -2.19. The Morgan fingerprint density at radius 1 is 1.37 bits per heavy atom. The number of nitrogen functional groups attached to an aromatic ring is 1. The van der Waals surface area contributed by atoms with E-state index in [1.54, 1.807) is 0 Å². The van der Waals surface area contributed by atoms with Crippen LogP contribution in [0.15, 0.2) is 12.7 Å². The number of aromatic nitrogens is 6. The van der Waals surface area contributed by atoms with Crippen molar-refractivity contribution < 1.29 is 0 Å². The van der Waals surface area contributed by atoms with Gasteiger partial charge in [-0.1, -0.05) is 19.8 Å². The van der Waals surface area contributed by atoms with E-state index in [-0.39, 0.29) is 12.0 Å². The third kappa shape index (κ3) is 3.60. The van der Waals surface area contributed by atoms with Crippen molar-refractivity contribution in [3.63, 3.8) is 0 Å². The number of hydrogen-bond donors (Lipinski definition) is 2. The molecule has 8 nitrogen and oxygen atoms in total. The van der Waals surface area contributed by atoms with E-state index in [1.807, 2.05) is 0 Å². The second-order valence-electron chi connectivity index (χ2n) is 4.34. The summed E-state index contributed by atoms with van der Waals surface area (Å²) in [6, 6.07) is 0.283. The molecule has 0 aliphatic carbocycles. The third-order valence-electron chi connectivity index (χ3n) is 2.63. The van der Waals surface area contributed by atoms with Gasteiger partial charge in [0.25, 0.3) is 5.95 Å². The van der Waals surface area contributed by atoms with Gasteiger partial charge in [-0.05, 0) is 13.3 Å². The fraction of sp³-hybridized carbons (Fsp3) is 0.545. The zero-order valence-electron chi connectivity index (χ0n) is 11.1. The van der Waals surface area contributed by atoms with Gasteiger partial charge >= 0.3 is 0 Å². The lowest BCUT2D eigenvalue weighted by Gasteiger charge is -2.13. The predicted octanol–water partition coefficient (Wildman–Crippen LogP) is 1.03. The van der Waals surface area contributed by atoms with Gasteiger partial charge in [-0.3, -0.25) is 0 Å². The molecule has 0 aliphatic heterocycles. The van der Waals surface area contributed by atoms with Crippen molar-refractivity contribution in [2.75, 3.05) is 11.1 Å². The van der Waals surface area contributed by atoms with Crippen LogP contribution in [0.25, 0.3) is 5.95 Å². The normalized spacial score (nSPS) is 12.3. The molecular formula is C11H18N8.